The molecule has 2 aliphatic rings. The first kappa shape index (κ1) is 14.5. The molecule has 0 radical (unpaired) electrons. The number of aromatic nitrogens is 2. The lowest BCUT2D eigenvalue weighted by atomic mass is 10.1. The summed E-state index contributed by atoms with van der Waals surface area (Å²) in [4.78, 5) is 16.9. The Hall–Kier alpha value is -2.14. The molecule has 0 spiro atoms. The van der Waals surface area contributed by atoms with Crippen molar-refractivity contribution in [2.45, 2.75) is 38.4 Å². The van der Waals surface area contributed by atoms with Gasteiger partial charge in [-0.05, 0) is 43.5 Å². The van der Waals surface area contributed by atoms with E-state index in [2.05, 4.69) is 39.2 Å². The van der Waals surface area contributed by atoms with Crippen LogP contribution in [0.25, 0.3) is 5.69 Å². The normalized spacial score (nSPS) is 24.9. The molecule has 0 unspecified atom stereocenters. The lowest BCUT2D eigenvalue weighted by molar-refractivity contribution is -0.143. The minimum Gasteiger partial charge on any atom is -0.337 e. The molecule has 23 heavy (non-hydrogen) atoms. The fourth-order valence-electron chi connectivity index (χ4n) is 3.75. The standard InChI is InChI=1S/C18H22N4O/c1-14-18(23)21-10-2-4-17(21)13-20(14)12-15-5-7-16(8-6-15)22-11-3-9-19-22/h3,5-9,11,14,17H,2,4,10,12-13H2,1H3/t14-,17-/m1/s1. The zero-order valence-corrected chi connectivity index (χ0v) is 13.4. The molecule has 2 aromatic rings. The summed E-state index contributed by atoms with van der Waals surface area (Å²) in [5.41, 5.74) is 2.30. The van der Waals surface area contributed by atoms with E-state index < -0.39 is 0 Å². The van der Waals surface area contributed by atoms with Crippen LogP contribution in [0.1, 0.15) is 25.3 Å². The van der Waals surface area contributed by atoms with Crippen LogP contribution in [0.3, 0.4) is 0 Å². The molecule has 1 aromatic carbocycles. The zero-order chi connectivity index (χ0) is 15.8. The van der Waals surface area contributed by atoms with Crippen molar-refractivity contribution in [1.82, 2.24) is 19.6 Å². The molecule has 120 valence electrons. The number of piperazine rings is 1. The second-order valence-electron chi connectivity index (χ2n) is 6.55. The van der Waals surface area contributed by atoms with Gasteiger partial charge in [0, 0.05) is 38.1 Å². The highest BCUT2D eigenvalue weighted by Crippen LogP contribution is 2.26. The van der Waals surface area contributed by atoms with Gasteiger partial charge in [0.15, 0.2) is 0 Å². The van der Waals surface area contributed by atoms with Crippen molar-refractivity contribution in [3.8, 4) is 5.69 Å². The first-order valence-electron chi connectivity index (χ1n) is 8.36. The average Bonchev–Trinajstić information content (AvgIpc) is 3.24. The van der Waals surface area contributed by atoms with Gasteiger partial charge in [-0.3, -0.25) is 9.69 Å². The maximum Gasteiger partial charge on any atom is 0.239 e. The summed E-state index contributed by atoms with van der Waals surface area (Å²) >= 11 is 0. The number of hydrogen-bond acceptors (Lipinski definition) is 3. The van der Waals surface area contributed by atoms with Gasteiger partial charge in [-0.25, -0.2) is 4.68 Å². The van der Waals surface area contributed by atoms with Gasteiger partial charge in [-0.2, -0.15) is 5.10 Å². The summed E-state index contributed by atoms with van der Waals surface area (Å²) in [5, 5.41) is 4.25. The average molecular weight is 310 g/mol. The highest BCUT2D eigenvalue weighted by Gasteiger charge is 2.39. The van der Waals surface area contributed by atoms with E-state index in [1.165, 1.54) is 5.56 Å². The Labute approximate surface area is 136 Å². The van der Waals surface area contributed by atoms with Crippen molar-refractivity contribution in [3.63, 3.8) is 0 Å². The Morgan fingerprint density at radius 2 is 2.09 bits per heavy atom. The van der Waals surface area contributed by atoms with Gasteiger partial charge in [-0.15, -0.1) is 0 Å². The highest BCUT2D eigenvalue weighted by molar-refractivity contribution is 5.83. The molecular weight excluding hydrogens is 288 g/mol. The molecule has 2 fully saturated rings. The smallest absolute Gasteiger partial charge is 0.239 e. The Bertz CT molecular complexity index is 680. The third kappa shape index (κ3) is 2.65. The summed E-state index contributed by atoms with van der Waals surface area (Å²) in [5.74, 6) is 0.298. The minimum absolute atomic E-state index is 0.0184. The lowest BCUT2D eigenvalue weighted by Crippen LogP contribution is -2.58. The van der Waals surface area contributed by atoms with Crippen LogP contribution in [0.4, 0.5) is 0 Å². The molecule has 2 atom stereocenters. The van der Waals surface area contributed by atoms with E-state index in [0.29, 0.717) is 11.9 Å². The molecule has 1 aromatic heterocycles. The quantitative estimate of drug-likeness (QED) is 0.871. The molecule has 3 heterocycles. The number of benzene rings is 1. The van der Waals surface area contributed by atoms with E-state index in [9.17, 15) is 4.79 Å². The molecule has 0 aliphatic carbocycles. The van der Waals surface area contributed by atoms with Gasteiger partial charge in [-0.1, -0.05) is 12.1 Å². The molecule has 2 aliphatic heterocycles. The van der Waals surface area contributed by atoms with Gasteiger partial charge in [0.2, 0.25) is 5.91 Å². The predicted molar refractivity (Wildman–Crippen MR) is 88.2 cm³/mol. The van der Waals surface area contributed by atoms with Crippen LogP contribution >= 0.6 is 0 Å². The van der Waals surface area contributed by atoms with Crippen molar-refractivity contribution in [2.75, 3.05) is 13.1 Å². The predicted octanol–water partition coefficient (Wildman–Crippen LogP) is 2.07. The third-order valence-electron chi connectivity index (χ3n) is 5.10. The SMILES string of the molecule is C[C@@H]1C(=O)N2CCC[C@@H]2CN1Cc1ccc(-n2cccn2)cc1. The van der Waals surface area contributed by atoms with Gasteiger partial charge in [0.25, 0.3) is 0 Å². The van der Waals surface area contributed by atoms with E-state index >= 15 is 0 Å². The largest absolute Gasteiger partial charge is 0.337 e. The van der Waals surface area contributed by atoms with Crippen molar-refractivity contribution in [1.29, 1.82) is 0 Å². The van der Waals surface area contributed by atoms with Crippen LogP contribution in [0.5, 0.6) is 0 Å². The number of carbonyl (C=O) groups excluding carboxylic acids is 1. The first-order valence-corrected chi connectivity index (χ1v) is 8.36. The van der Waals surface area contributed by atoms with E-state index in [1.54, 1.807) is 6.20 Å². The fraction of sp³-hybridized carbons (Fsp3) is 0.444. The monoisotopic (exact) mass is 310 g/mol. The van der Waals surface area contributed by atoms with E-state index in [0.717, 1.165) is 38.2 Å². The van der Waals surface area contributed by atoms with Crippen LogP contribution in [0.15, 0.2) is 42.7 Å². The summed E-state index contributed by atoms with van der Waals surface area (Å²) in [6.45, 7) is 4.81. The van der Waals surface area contributed by atoms with Gasteiger partial charge < -0.3 is 4.90 Å². The third-order valence-corrected chi connectivity index (χ3v) is 5.10. The highest BCUT2D eigenvalue weighted by atomic mass is 16.2. The van der Waals surface area contributed by atoms with Crippen molar-refractivity contribution in [2.24, 2.45) is 0 Å². The number of amides is 1. The van der Waals surface area contributed by atoms with E-state index in [1.807, 2.05) is 23.9 Å². The van der Waals surface area contributed by atoms with Gasteiger partial charge >= 0.3 is 0 Å². The van der Waals surface area contributed by atoms with Crippen molar-refractivity contribution in [3.05, 3.63) is 48.3 Å². The molecule has 0 saturated carbocycles. The molecule has 2 saturated heterocycles. The minimum atomic E-state index is -0.0184. The Balaban J connectivity index is 1.48. The van der Waals surface area contributed by atoms with E-state index in [4.69, 9.17) is 0 Å². The molecule has 5 nitrogen and oxygen atoms in total. The summed E-state index contributed by atoms with van der Waals surface area (Å²) in [6, 6.07) is 10.8. The number of nitrogens with zero attached hydrogens (tertiary/aromatic N) is 4. The number of hydrogen-bond donors (Lipinski definition) is 0. The number of carbonyl (C=O) groups is 1. The van der Waals surface area contributed by atoms with Crippen molar-refractivity contribution >= 4 is 5.91 Å². The Kier molecular flexibility index (Phi) is 3.65. The molecule has 4 rings (SSSR count). The summed E-state index contributed by atoms with van der Waals surface area (Å²) < 4.78 is 1.85. The Morgan fingerprint density at radius 3 is 2.83 bits per heavy atom. The number of rotatable bonds is 3. The van der Waals surface area contributed by atoms with Gasteiger partial charge in [0.1, 0.15) is 0 Å². The molecule has 5 heteroatoms. The first-order chi connectivity index (χ1) is 11.2. The van der Waals surface area contributed by atoms with E-state index in [-0.39, 0.29) is 6.04 Å². The molecule has 0 bridgehead atoms. The van der Waals surface area contributed by atoms with Crippen molar-refractivity contribution < 1.29 is 4.79 Å². The second kappa shape index (κ2) is 5.81. The fourth-order valence-corrected chi connectivity index (χ4v) is 3.75. The lowest BCUT2D eigenvalue weighted by Gasteiger charge is -2.41. The van der Waals surface area contributed by atoms with Crippen LogP contribution < -0.4 is 0 Å². The molecular formula is C18H22N4O. The van der Waals surface area contributed by atoms with Crippen LogP contribution in [-0.2, 0) is 11.3 Å². The number of fused-ring (bicyclic) bond motifs is 1. The topological polar surface area (TPSA) is 41.4 Å². The molecule has 1 amide bonds. The van der Waals surface area contributed by atoms with Crippen LogP contribution in [-0.4, -0.2) is 50.7 Å². The maximum atomic E-state index is 12.5. The zero-order valence-electron chi connectivity index (χ0n) is 13.4. The second-order valence-corrected chi connectivity index (χ2v) is 6.55. The summed E-state index contributed by atoms with van der Waals surface area (Å²) in [6.07, 6.45) is 6.01. The van der Waals surface area contributed by atoms with Gasteiger partial charge in [0.05, 0.1) is 11.7 Å². The summed E-state index contributed by atoms with van der Waals surface area (Å²) in [7, 11) is 0. The Morgan fingerprint density at radius 1 is 1.26 bits per heavy atom. The molecule has 0 N–H and O–H groups in total. The maximum absolute atomic E-state index is 12.5. The van der Waals surface area contributed by atoms with Crippen LogP contribution in [0.2, 0.25) is 0 Å². The van der Waals surface area contributed by atoms with Crippen LogP contribution in [0, 0.1) is 0 Å².